The van der Waals surface area contributed by atoms with Crippen molar-refractivity contribution >= 4 is 23.2 Å². The Kier molecular flexibility index (Phi) is 2.68. The number of fused-ring (bicyclic) bond motifs is 1. The Balaban J connectivity index is 2.11. The topological polar surface area (TPSA) is 67.5 Å². The van der Waals surface area contributed by atoms with E-state index in [-0.39, 0.29) is 5.56 Å². The standard InChI is InChI=1S/C13H8ClN3O2/c14-10-5-6-17-11(7-10)15-16-12(17)8-1-3-9(4-2-8)13(18)19/h1-7H,(H,18,19). The smallest absolute Gasteiger partial charge is 0.335 e. The molecule has 0 aliphatic rings. The molecule has 2 heterocycles. The van der Waals surface area contributed by atoms with Crippen molar-refractivity contribution in [2.45, 2.75) is 0 Å². The molecule has 0 atom stereocenters. The molecule has 0 fully saturated rings. The number of carboxylic acid groups (broad SMARTS) is 1. The molecule has 0 saturated carbocycles. The third-order valence-electron chi connectivity index (χ3n) is 2.76. The van der Waals surface area contributed by atoms with E-state index in [1.54, 1.807) is 34.9 Å². The van der Waals surface area contributed by atoms with Crippen LogP contribution < -0.4 is 0 Å². The third kappa shape index (κ3) is 2.04. The number of aromatic carboxylic acids is 1. The first-order valence-electron chi connectivity index (χ1n) is 5.49. The number of carbonyl (C=O) groups is 1. The number of rotatable bonds is 2. The predicted octanol–water partition coefficient (Wildman–Crippen LogP) is 2.75. The highest BCUT2D eigenvalue weighted by Gasteiger charge is 2.09. The zero-order chi connectivity index (χ0) is 13.4. The third-order valence-corrected chi connectivity index (χ3v) is 3.00. The fraction of sp³-hybridized carbons (Fsp3) is 0. The second-order valence-corrected chi connectivity index (χ2v) is 4.42. The van der Waals surface area contributed by atoms with Gasteiger partial charge in [-0.25, -0.2) is 4.79 Å². The summed E-state index contributed by atoms with van der Waals surface area (Å²) in [7, 11) is 0. The molecule has 3 aromatic rings. The van der Waals surface area contributed by atoms with Crippen molar-refractivity contribution in [2.75, 3.05) is 0 Å². The number of benzene rings is 1. The van der Waals surface area contributed by atoms with Crippen LogP contribution in [0, 0.1) is 0 Å². The van der Waals surface area contributed by atoms with Gasteiger partial charge in [-0.05, 0) is 18.2 Å². The van der Waals surface area contributed by atoms with Crippen LogP contribution in [0.1, 0.15) is 10.4 Å². The lowest BCUT2D eigenvalue weighted by Crippen LogP contribution is -1.96. The van der Waals surface area contributed by atoms with Gasteiger partial charge in [0.2, 0.25) is 0 Å². The molecule has 0 aliphatic heterocycles. The Morgan fingerprint density at radius 1 is 1.16 bits per heavy atom. The van der Waals surface area contributed by atoms with E-state index in [4.69, 9.17) is 16.7 Å². The number of carboxylic acids is 1. The van der Waals surface area contributed by atoms with Crippen molar-refractivity contribution in [3.63, 3.8) is 0 Å². The lowest BCUT2D eigenvalue weighted by atomic mass is 10.1. The zero-order valence-corrected chi connectivity index (χ0v) is 10.4. The molecule has 3 rings (SSSR count). The molecule has 1 aromatic carbocycles. The first-order chi connectivity index (χ1) is 9.15. The lowest BCUT2D eigenvalue weighted by Gasteiger charge is -2.01. The van der Waals surface area contributed by atoms with Gasteiger partial charge in [-0.1, -0.05) is 23.7 Å². The van der Waals surface area contributed by atoms with Gasteiger partial charge in [0.25, 0.3) is 0 Å². The number of aromatic nitrogens is 3. The van der Waals surface area contributed by atoms with Gasteiger partial charge in [-0.15, -0.1) is 10.2 Å². The zero-order valence-electron chi connectivity index (χ0n) is 9.62. The van der Waals surface area contributed by atoms with Gasteiger partial charge in [0.05, 0.1) is 5.56 Å². The molecule has 0 amide bonds. The Hall–Kier alpha value is -2.40. The highest BCUT2D eigenvalue weighted by atomic mass is 35.5. The summed E-state index contributed by atoms with van der Waals surface area (Å²) in [6, 6.07) is 9.93. The van der Waals surface area contributed by atoms with Crippen LogP contribution in [0.15, 0.2) is 42.6 Å². The maximum Gasteiger partial charge on any atom is 0.335 e. The maximum atomic E-state index is 10.8. The summed E-state index contributed by atoms with van der Waals surface area (Å²) in [6.45, 7) is 0. The van der Waals surface area contributed by atoms with Crippen molar-refractivity contribution < 1.29 is 9.90 Å². The number of halogens is 1. The van der Waals surface area contributed by atoms with Gasteiger partial charge in [0.1, 0.15) is 0 Å². The van der Waals surface area contributed by atoms with Gasteiger partial charge in [0, 0.05) is 22.8 Å². The minimum absolute atomic E-state index is 0.237. The summed E-state index contributed by atoms with van der Waals surface area (Å²) in [4.78, 5) is 10.8. The molecule has 0 unspecified atom stereocenters. The van der Waals surface area contributed by atoms with Gasteiger partial charge >= 0.3 is 5.97 Å². The van der Waals surface area contributed by atoms with Crippen molar-refractivity contribution in [3.05, 3.63) is 53.2 Å². The van der Waals surface area contributed by atoms with Crippen LogP contribution in [-0.4, -0.2) is 25.7 Å². The van der Waals surface area contributed by atoms with Crippen molar-refractivity contribution in [1.29, 1.82) is 0 Å². The summed E-state index contributed by atoms with van der Waals surface area (Å²) < 4.78 is 1.79. The van der Waals surface area contributed by atoms with Crippen molar-refractivity contribution in [1.82, 2.24) is 14.6 Å². The Labute approximate surface area is 113 Å². The Morgan fingerprint density at radius 3 is 2.58 bits per heavy atom. The first kappa shape index (κ1) is 11.7. The molecule has 5 nitrogen and oxygen atoms in total. The van der Waals surface area contributed by atoms with Crippen molar-refractivity contribution in [3.8, 4) is 11.4 Å². The van der Waals surface area contributed by atoms with Crippen LogP contribution >= 0.6 is 11.6 Å². The van der Waals surface area contributed by atoms with E-state index in [0.717, 1.165) is 5.56 Å². The molecule has 1 N–H and O–H groups in total. The molecule has 0 spiro atoms. The molecular formula is C13H8ClN3O2. The van der Waals surface area contributed by atoms with Crippen LogP contribution in [-0.2, 0) is 0 Å². The van der Waals surface area contributed by atoms with Gasteiger partial charge in [-0.3, -0.25) is 4.40 Å². The average molecular weight is 274 g/mol. The molecular weight excluding hydrogens is 266 g/mol. The van der Waals surface area contributed by atoms with E-state index in [0.29, 0.717) is 16.5 Å². The molecule has 0 aliphatic carbocycles. The monoisotopic (exact) mass is 273 g/mol. The highest BCUT2D eigenvalue weighted by molar-refractivity contribution is 6.30. The minimum atomic E-state index is -0.954. The molecule has 6 heteroatoms. The second-order valence-electron chi connectivity index (χ2n) is 3.98. The molecule has 2 aromatic heterocycles. The van der Waals surface area contributed by atoms with E-state index >= 15 is 0 Å². The maximum absolute atomic E-state index is 10.8. The summed E-state index contributed by atoms with van der Waals surface area (Å²) in [5.41, 5.74) is 1.67. The largest absolute Gasteiger partial charge is 0.478 e. The van der Waals surface area contributed by atoms with Gasteiger partial charge in [-0.2, -0.15) is 0 Å². The summed E-state index contributed by atoms with van der Waals surface area (Å²) in [5, 5.41) is 17.6. The van der Waals surface area contributed by atoms with Crippen LogP contribution in [0.4, 0.5) is 0 Å². The van der Waals surface area contributed by atoms with E-state index in [9.17, 15) is 4.79 Å². The van der Waals surface area contributed by atoms with Crippen LogP contribution in [0.25, 0.3) is 17.0 Å². The number of hydrogen-bond acceptors (Lipinski definition) is 3. The lowest BCUT2D eigenvalue weighted by molar-refractivity contribution is 0.0697. The van der Waals surface area contributed by atoms with Crippen molar-refractivity contribution in [2.24, 2.45) is 0 Å². The Bertz CT molecular complexity index is 765. The highest BCUT2D eigenvalue weighted by Crippen LogP contribution is 2.20. The first-order valence-corrected chi connectivity index (χ1v) is 5.87. The quantitative estimate of drug-likeness (QED) is 0.779. The number of pyridine rings is 1. The molecule has 0 saturated heterocycles. The minimum Gasteiger partial charge on any atom is -0.478 e. The van der Waals surface area contributed by atoms with E-state index in [1.165, 1.54) is 12.1 Å². The molecule has 0 radical (unpaired) electrons. The van der Waals surface area contributed by atoms with Crippen LogP contribution in [0.5, 0.6) is 0 Å². The van der Waals surface area contributed by atoms with Crippen LogP contribution in [0.3, 0.4) is 0 Å². The number of nitrogens with zero attached hydrogens (tertiary/aromatic N) is 3. The molecule has 0 bridgehead atoms. The summed E-state index contributed by atoms with van der Waals surface area (Å²) in [5.74, 6) is -0.312. The SMILES string of the molecule is O=C(O)c1ccc(-c2nnc3cc(Cl)ccn23)cc1. The van der Waals surface area contributed by atoms with E-state index < -0.39 is 5.97 Å². The second kappa shape index (κ2) is 4.37. The van der Waals surface area contributed by atoms with E-state index in [2.05, 4.69) is 10.2 Å². The Morgan fingerprint density at radius 2 is 1.89 bits per heavy atom. The number of hydrogen-bond donors (Lipinski definition) is 1. The predicted molar refractivity (Wildman–Crippen MR) is 70.4 cm³/mol. The normalized spacial score (nSPS) is 10.8. The summed E-state index contributed by atoms with van der Waals surface area (Å²) >= 11 is 5.88. The average Bonchev–Trinajstić information content (AvgIpc) is 2.81. The van der Waals surface area contributed by atoms with Crippen LogP contribution in [0.2, 0.25) is 5.02 Å². The van der Waals surface area contributed by atoms with Gasteiger partial charge < -0.3 is 5.11 Å². The fourth-order valence-corrected chi connectivity index (χ4v) is 1.98. The molecule has 19 heavy (non-hydrogen) atoms. The molecule has 94 valence electrons. The summed E-state index contributed by atoms with van der Waals surface area (Å²) in [6.07, 6.45) is 1.78. The van der Waals surface area contributed by atoms with E-state index in [1.807, 2.05) is 0 Å². The van der Waals surface area contributed by atoms with Gasteiger partial charge in [0.15, 0.2) is 11.5 Å². The fourth-order valence-electron chi connectivity index (χ4n) is 1.82.